The molecule has 0 aromatic carbocycles. The average Bonchev–Trinajstić information content (AvgIpc) is 3.14. The van der Waals surface area contributed by atoms with Crippen LogP contribution >= 0.6 is 0 Å². The van der Waals surface area contributed by atoms with E-state index in [4.69, 9.17) is 0 Å². The highest BCUT2D eigenvalue weighted by atomic mass is 32.2. The van der Waals surface area contributed by atoms with E-state index in [1.54, 1.807) is 22.1 Å². The number of rotatable bonds is 5. The summed E-state index contributed by atoms with van der Waals surface area (Å²) in [6, 6.07) is 4.11. The average molecular weight is 334 g/mol. The van der Waals surface area contributed by atoms with Gasteiger partial charge in [0.25, 0.3) is 10.0 Å². The zero-order valence-electron chi connectivity index (χ0n) is 13.5. The van der Waals surface area contributed by atoms with E-state index in [9.17, 15) is 8.42 Å². The second kappa shape index (κ2) is 6.41. The number of imidazole rings is 1. The van der Waals surface area contributed by atoms with E-state index in [-0.39, 0.29) is 11.1 Å². The maximum Gasteiger partial charge on any atom is 0.262 e. The van der Waals surface area contributed by atoms with Crippen molar-refractivity contribution in [3.05, 3.63) is 42.1 Å². The summed E-state index contributed by atoms with van der Waals surface area (Å²) in [5.74, 6) is 0. The minimum absolute atomic E-state index is 0.0514. The van der Waals surface area contributed by atoms with Gasteiger partial charge in [-0.25, -0.2) is 13.4 Å². The van der Waals surface area contributed by atoms with Crippen molar-refractivity contribution in [3.8, 4) is 0 Å². The molecule has 1 aliphatic heterocycles. The maximum absolute atomic E-state index is 12.8. The predicted octanol–water partition coefficient (Wildman–Crippen LogP) is 1.91. The van der Waals surface area contributed by atoms with Crippen LogP contribution in [0.15, 0.2) is 35.9 Å². The molecule has 124 valence electrons. The molecule has 0 bridgehead atoms. The second-order valence-electron chi connectivity index (χ2n) is 6.13. The Balaban J connectivity index is 1.73. The fraction of sp³-hybridized carbons (Fsp3) is 0.500. The Morgan fingerprint density at radius 3 is 2.87 bits per heavy atom. The molecular weight excluding hydrogens is 312 g/mol. The van der Waals surface area contributed by atoms with Crippen LogP contribution in [0.25, 0.3) is 0 Å². The SMILES string of the molecule is Cc1cc(CC[C@H]2CCCN2S(=O)(=O)c2cn(C)cn2)ccn1. The fourth-order valence-corrected chi connectivity index (χ4v) is 4.84. The van der Waals surface area contributed by atoms with Crippen LogP contribution in [0.4, 0.5) is 0 Å². The zero-order valence-corrected chi connectivity index (χ0v) is 14.3. The molecule has 1 atom stereocenters. The van der Waals surface area contributed by atoms with Crippen molar-refractivity contribution in [3.63, 3.8) is 0 Å². The molecule has 6 nitrogen and oxygen atoms in total. The van der Waals surface area contributed by atoms with Crippen LogP contribution in [-0.4, -0.2) is 39.8 Å². The predicted molar refractivity (Wildman–Crippen MR) is 87.4 cm³/mol. The Labute approximate surface area is 137 Å². The number of hydrogen-bond donors (Lipinski definition) is 0. The van der Waals surface area contributed by atoms with Crippen molar-refractivity contribution in [1.82, 2.24) is 18.8 Å². The molecule has 0 radical (unpaired) electrons. The molecule has 0 spiro atoms. The van der Waals surface area contributed by atoms with Crippen molar-refractivity contribution < 1.29 is 8.42 Å². The third-order valence-electron chi connectivity index (χ3n) is 4.30. The van der Waals surface area contributed by atoms with Gasteiger partial charge in [0.15, 0.2) is 5.03 Å². The van der Waals surface area contributed by atoms with E-state index in [1.807, 2.05) is 19.2 Å². The van der Waals surface area contributed by atoms with Crippen molar-refractivity contribution in [2.45, 2.75) is 43.7 Å². The molecule has 0 unspecified atom stereocenters. The van der Waals surface area contributed by atoms with Crippen molar-refractivity contribution >= 4 is 10.0 Å². The van der Waals surface area contributed by atoms with E-state index >= 15 is 0 Å². The van der Waals surface area contributed by atoms with E-state index in [0.29, 0.717) is 6.54 Å². The standard InChI is InChI=1S/C16H22N4O2S/c1-13-10-14(7-8-17-13)5-6-15-4-3-9-20(15)23(21,22)16-11-19(2)12-18-16/h7-8,10-12,15H,3-6,9H2,1-2H3/t15-/m1/s1. The van der Waals surface area contributed by atoms with Crippen LogP contribution in [0.3, 0.4) is 0 Å². The Hall–Kier alpha value is -1.73. The summed E-state index contributed by atoms with van der Waals surface area (Å²) in [6.45, 7) is 2.55. The van der Waals surface area contributed by atoms with E-state index in [2.05, 4.69) is 16.0 Å². The number of aromatic nitrogens is 3. The van der Waals surface area contributed by atoms with Gasteiger partial charge in [0, 0.05) is 37.7 Å². The van der Waals surface area contributed by atoms with E-state index < -0.39 is 10.0 Å². The lowest BCUT2D eigenvalue weighted by atomic mass is 10.0. The minimum atomic E-state index is -3.49. The first kappa shape index (κ1) is 16.1. The quantitative estimate of drug-likeness (QED) is 0.837. The van der Waals surface area contributed by atoms with E-state index in [0.717, 1.165) is 31.4 Å². The highest BCUT2D eigenvalue weighted by Crippen LogP contribution is 2.28. The lowest BCUT2D eigenvalue weighted by Gasteiger charge is -2.23. The molecule has 23 heavy (non-hydrogen) atoms. The van der Waals surface area contributed by atoms with E-state index in [1.165, 1.54) is 11.9 Å². The first-order chi connectivity index (χ1) is 11.0. The third-order valence-corrected chi connectivity index (χ3v) is 6.14. The summed E-state index contributed by atoms with van der Waals surface area (Å²) in [5, 5.41) is 0.145. The Kier molecular flexibility index (Phi) is 4.50. The Bertz CT molecular complexity index is 785. The molecule has 0 amide bonds. The first-order valence-electron chi connectivity index (χ1n) is 7.88. The molecule has 2 aromatic rings. The van der Waals surface area contributed by atoms with Crippen LogP contribution in [-0.2, 0) is 23.5 Å². The lowest BCUT2D eigenvalue weighted by molar-refractivity contribution is 0.369. The van der Waals surface area contributed by atoms with Crippen LogP contribution in [0.5, 0.6) is 0 Å². The number of sulfonamides is 1. The van der Waals surface area contributed by atoms with Crippen LogP contribution in [0.1, 0.15) is 30.5 Å². The minimum Gasteiger partial charge on any atom is -0.339 e. The number of pyridine rings is 1. The highest BCUT2D eigenvalue weighted by Gasteiger charge is 2.36. The van der Waals surface area contributed by atoms with Gasteiger partial charge in [0.05, 0.1) is 6.33 Å². The third kappa shape index (κ3) is 3.45. The summed E-state index contributed by atoms with van der Waals surface area (Å²) in [4.78, 5) is 8.22. The zero-order chi connectivity index (χ0) is 16.4. The van der Waals surface area contributed by atoms with Gasteiger partial charge in [-0.1, -0.05) is 0 Å². The Morgan fingerprint density at radius 1 is 1.35 bits per heavy atom. The first-order valence-corrected chi connectivity index (χ1v) is 9.32. The topological polar surface area (TPSA) is 68.1 Å². The van der Waals surface area contributed by atoms with Gasteiger partial charge in [0.1, 0.15) is 0 Å². The summed E-state index contributed by atoms with van der Waals surface area (Å²) in [7, 11) is -1.71. The van der Waals surface area contributed by atoms with Crippen molar-refractivity contribution in [1.29, 1.82) is 0 Å². The molecule has 2 aromatic heterocycles. The second-order valence-corrected chi connectivity index (χ2v) is 7.97. The molecule has 0 saturated carbocycles. The number of aryl methyl sites for hydroxylation is 3. The van der Waals surface area contributed by atoms with Gasteiger partial charge >= 0.3 is 0 Å². The lowest BCUT2D eigenvalue weighted by Crippen LogP contribution is -2.36. The van der Waals surface area contributed by atoms with Gasteiger partial charge in [-0.2, -0.15) is 4.31 Å². The summed E-state index contributed by atoms with van der Waals surface area (Å²) >= 11 is 0. The molecule has 0 N–H and O–H groups in total. The van der Waals surface area contributed by atoms with Crippen LogP contribution in [0.2, 0.25) is 0 Å². The number of hydrogen-bond acceptors (Lipinski definition) is 4. The maximum atomic E-state index is 12.8. The fourth-order valence-electron chi connectivity index (χ4n) is 3.15. The van der Waals surface area contributed by atoms with Gasteiger partial charge in [-0.05, 0) is 50.3 Å². The molecule has 1 saturated heterocycles. The summed E-state index contributed by atoms with van der Waals surface area (Å²) in [6.07, 6.45) is 8.41. The highest BCUT2D eigenvalue weighted by molar-refractivity contribution is 7.89. The number of nitrogens with zero attached hydrogens (tertiary/aromatic N) is 4. The van der Waals surface area contributed by atoms with Gasteiger partial charge < -0.3 is 4.57 Å². The molecule has 3 rings (SSSR count). The van der Waals surface area contributed by atoms with Crippen LogP contribution < -0.4 is 0 Å². The van der Waals surface area contributed by atoms with Gasteiger partial charge in [-0.15, -0.1) is 0 Å². The van der Waals surface area contributed by atoms with Crippen LogP contribution in [0, 0.1) is 6.92 Å². The molecule has 3 heterocycles. The normalized spacial score (nSPS) is 19.3. The molecule has 0 aliphatic carbocycles. The summed E-state index contributed by atoms with van der Waals surface area (Å²) < 4.78 is 28.8. The smallest absolute Gasteiger partial charge is 0.262 e. The summed E-state index contributed by atoms with van der Waals surface area (Å²) in [5.41, 5.74) is 2.20. The monoisotopic (exact) mass is 334 g/mol. The van der Waals surface area contributed by atoms with Gasteiger partial charge in [0.2, 0.25) is 0 Å². The Morgan fingerprint density at radius 2 is 2.17 bits per heavy atom. The molecule has 1 aliphatic rings. The molecule has 1 fully saturated rings. The van der Waals surface area contributed by atoms with Crippen molar-refractivity contribution in [2.75, 3.05) is 6.54 Å². The molecular formula is C16H22N4O2S. The van der Waals surface area contributed by atoms with Gasteiger partial charge in [-0.3, -0.25) is 4.98 Å². The van der Waals surface area contributed by atoms with Crippen molar-refractivity contribution in [2.24, 2.45) is 7.05 Å². The molecule has 7 heteroatoms. The largest absolute Gasteiger partial charge is 0.339 e.